The molecule has 3 rings (SSSR count). The molecule has 5 nitrogen and oxygen atoms in total. The van der Waals surface area contributed by atoms with Gasteiger partial charge in [0.15, 0.2) is 5.82 Å². The molecular formula is C16H26N4O. The van der Waals surface area contributed by atoms with E-state index in [1.54, 1.807) is 0 Å². The predicted octanol–water partition coefficient (Wildman–Crippen LogP) is 1.64. The third-order valence-corrected chi connectivity index (χ3v) is 4.42. The number of fused-ring (bicyclic) bond motifs is 1. The number of nitrogens with one attached hydrogen (secondary N) is 1. The fourth-order valence-electron chi connectivity index (χ4n) is 3.18. The standard InChI is InChI=1S/C16H26N4O/c1-4-20-7-8-21-14(10-20)16-18-13-9-17-6-5-12(13)15(19-16)11(2)3/h11,14,17H,4-10H2,1-3H3. The Morgan fingerprint density at radius 1 is 1.38 bits per heavy atom. The fraction of sp³-hybridized carbons (Fsp3) is 0.750. The van der Waals surface area contributed by atoms with Crippen molar-refractivity contribution in [3.8, 4) is 0 Å². The molecule has 5 heteroatoms. The normalized spacial score (nSPS) is 23.3. The molecule has 1 N–H and O–H groups in total. The molecule has 1 unspecified atom stereocenters. The molecule has 1 saturated heterocycles. The second-order valence-corrected chi connectivity index (χ2v) is 6.23. The summed E-state index contributed by atoms with van der Waals surface area (Å²) in [7, 11) is 0. The predicted molar refractivity (Wildman–Crippen MR) is 82.3 cm³/mol. The van der Waals surface area contributed by atoms with Gasteiger partial charge in [0.05, 0.1) is 18.0 Å². The Morgan fingerprint density at radius 2 is 2.24 bits per heavy atom. The van der Waals surface area contributed by atoms with E-state index >= 15 is 0 Å². The molecule has 0 aromatic carbocycles. The SMILES string of the molecule is CCN1CCOC(c2nc3c(c(C(C)C)n2)CCNC3)C1. The number of likely N-dealkylation sites (N-methyl/N-ethyl adjacent to an activating group) is 1. The lowest BCUT2D eigenvalue weighted by atomic mass is 9.97. The molecule has 1 atom stereocenters. The number of morpholine rings is 1. The van der Waals surface area contributed by atoms with Crippen LogP contribution in [0.3, 0.4) is 0 Å². The lowest BCUT2D eigenvalue weighted by Gasteiger charge is -2.32. The largest absolute Gasteiger partial charge is 0.368 e. The molecule has 1 fully saturated rings. The third-order valence-electron chi connectivity index (χ3n) is 4.42. The van der Waals surface area contributed by atoms with Crippen LogP contribution in [0.4, 0.5) is 0 Å². The zero-order valence-corrected chi connectivity index (χ0v) is 13.4. The number of nitrogens with zero attached hydrogens (tertiary/aromatic N) is 3. The van der Waals surface area contributed by atoms with Gasteiger partial charge in [0.1, 0.15) is 6.10 Å². The topological polar surface area (TPSA) is 50.3 Å². The number of ether oxygens (including phenoxy) is 1. The van der Waals surface area contributed by atoms with Crippen molar-refractivity contribution in [2.45, 2.75) is 45.8 Å². The van der Waals surface area contributed by atoms with Crippen LogP contribution in [0.2, 0.25) is 0 Å². The maximum absolute atomic E-state index is 5.93. The molecule has 2 aliphatic rings. The minimum absolute atomic E-state index is 0.0171. The summed E-state index contributed by atoms with van der Waals surface area (Å²) in [6.07, 6.45) is 1.05. The Balaban J connectivity index is 1.93. The van der Waals surface area contributed by atoms with E-state index in [0.29, 0.717) is 5.92 Å². The first-order valence-corrected chi connectivity index (χ1v) is 8.13. The van der Waals surface area contributed by atoms with Crippen LogP contribution >= 0.6 is 0 Å². The molecule has 0 bridgehead atoms. The van der Waals surface area contributed by atoms with Crippen LogP contribution in [0, 0.1) is 0 Å². The maximum atomic E-state index is 5.93. The highest BCUT2D eigenvalue weighted by atomic mass is 16.5. The molecule has 0 amide bonds. The van der Waals surface area contributed by atoms with Gasteiger partial charge in [-0.05, 0) is 31.0 Å². The van der Waals surface area contributed by atoms with Crippen molar-refractivity contribution in [2.24, 2.45) is 0 Å². The first-order chi connectivity index (χ1) is 10.2. The molecule has 2 aliphatic heterocycles. The molecule has 1 aromatic rings. The molecule has 0 saturated carbocycles. The Kier molecular flexibility index (Phi) is 4.52. The molecule has 0 spiro atoms. The van der Waals surface area contributed by atoms with E-state index in [2.05, 4.69) is 31.0 Å². The van der Waals surface area contributed by atoms with Gasteiger partial charge in [-0.2, -0.15) is 0 Å². The maximum Gasteiger partial charge on any atom is 0.159 e. The van der Waals surface area contributed by atoms with E-state index < -0.39 is 0 Å². The molecule has 3 heterocycles. The van der Waals surface area contributed by atoms with Gasteiger partial charge in [-0.25, -0.2) is 9.97 Å². The van der Waals surface area contributed by atoms with Gasteiger partial charge in [-0.15, -0.1) is 0 Å². The number of aromatic nitrogens is 2. The average molecular weight is 290 g/mol. The highest BCUT2D eigenvalue weighted by Gasteiger charge is 2.27. The molecule has 1 aromatic heterocycles. The van der Waals surface area contributed by atoms with Crippen molar-refractivity contribution in [1.82, 2.24) is 20.2 Å². The van der Waals surface area contributed by atoms with Crippen LogP contribution in [0.1, 0.15) is 55.6 Å². The zero-order valence-electron chi connectivity index (χ0n) is 13.4. The van der Waals surface area contributed by atoms with Crippen LogP contribution in [0.25, 0.3) is 0 Å². The summed E-state index contributed by atoms with van der Waals surface area (Å²) < 4.78 is 5.93. The van der Waals surface area contributed by atoms with E-state index in [-0.39, 0.29) is 6.10 Å². The quantitative estimate of drug-likeness (QED) is 0.917. The van der Waals surface area contributed by atoms with E-state index in [1.165, 1.54) is 17.0 Å². The van der Waals surface area contributed by atoms with E-state index in [4.69, 9.17) is 14.7 Å². The Bertz CT molecular complexity index is 503. The zero-order chi connectivity index (χ0) is 14.8. The summed E-state index contributed by atoms with van der Waals surface area (Å²) in [5, 5.41) is 3.42. The van der Waals surface area contributed by atoms with Crippen LogP contribution in [-0.4, -0.2) is 47.7 Å². The lowest BCUT2D eigenvalue weighted by molar-refractivity contribution is -0.0328. The van der Waals surface area contributed by atoms with Gasteiger partial charge in [0.2, 0.25) is 0 Å². The van der Waals surface area contributed by atoms with Crippen molar-refractivity contribution in [3.05, 3.63) is 22.8 Å². The van der Waals surface area contributed by atoms with Gasteiger partial charge in [-0.1, -0.05) is 20.8 Å². The van der Waals surface area contributed by atoms with Crippen LogP contribution in [-0.2, 0) is 17.7 Å². The second kappa shape index (κ2) is 6.38. The molecule has 116 valence electrons. The summed E-state index contributed by atoms with van der Waals surface area (Å²) in [4.78, 5) is 12.1. The summed E-state index contributed by atoms with van der Waals surface area (Å²) in [5.41, 5.74) is 3.75. The summed E-state index contributed by atoms with van der Waals surface area (Å²) in [6, 6.07) is 0. The van der Waals surface area contributed by atoms with Gasteiger partial charge in [0.25, 0.3) is 0 Å². The number of hydrogen-bond acceptors (Lipinski definition) is 5. The summed E-state index contributed by atoms with van der Waals surface area (Å²) in [6.45, 7) is 12.3. The first kappa shape index (κ1) is 14.9. The van der Waals surface area contributed by atoms with Crippen molar-refractivity contribution >= 4 is 0 Å². The van der Waals surface area contributed by atoms with Gasteiger partial charge >= 0.3 is 0 Å². The van der Waals surface area contributed by atoms with Crippen molar-refractivity contribution in [2.75, 3.05) is 32.8 Å². The minimum atomic E-state index is 0.0171. The number of rotatable bonds is 3. The van der Waals surface area contributed by atoms with Crippen molar-refractivity contribution in [1.29, 1.82) is 0 Å². The van der Waals surface area contributed by atoms with Gasteiger partial charge < -0.3 is 10.1 Å². The second-order valence-electron chi connectivity index (χ2n) is 6.23. The first-order valence-electron chi connectivity index (χ1n) is 8.13. The average Bonchev–Trinajstić information content (AvgIpc) is 2.53. The van der Waals surface area contributed by atoms with E-state index in [1.807, 2.05) is 0 Å². The fourth-order valence-corrected chi connectivity index (χ4v) is 3.18. The van der Waals surface area contributed by atoms with Crippen LogP contribution in [0.5, 0.6) is 0 Å². The Labute approximate surface area is 127 Å². The number of hydrogen-bond donors (Lipinski definition) is 1. The van der Waals surface area contributed by atoms with Crippen molar-refractivity contribution < 1.29 is 4.74 Å². The highest BCUT2D eigenvalue weighted by molar-refractivity contribution is 5.31. The molecular weight excluding hydrogens is 264 g/mol. The minimum Gasteiger partial charge on any atom is -0.368 e. The molecule has 21 heavy (non-hydrogen) atoms. The lowest BCUT2D eigenvalue weighted by Crippen LogP contribution is -2.39. The van der Waals surface area contributed by atoms with E-state index in [9.17, 15) is 0 Å². The third kappa shape index (κ3) is 3.10. The summed E-state index contributed by atoms with van der Waals surface area (Å²) in [5.74, 6) is 1.31. The van der Waals surface area contributed by atoms with Gasteiger partial charge in [-0.3, -0.25) is 4.90 Å². The smallest absolute Gasteiger partial charge is 0.159 e. The Morgan fingerprint density at radius 3 is 3.00 bits per heavy atom. The monoisotopic (exact) mass is 290 g/mol. The van der Waals surface area contributed by atoms with E-state index in [0.717, 1.165) is 51.6 Å². The van der Waals surface area contributed by atoms with Crippen LogP contribution < -0.4 is 5.32 Å². The van der Waals surface area contributed by atoms with Crippen molar-refractivity contribution in [3.63, 3.8) is 0 Å². The van der Waals surface area contributed by atoms with Crippen LogP contribution in [0.15, 0.2) is 0 Å². The highest BCUT2D eigenvalue weighted by Crippen LogP contribution is 2.26. The molecule has 0 radical (unpaired) electrons. The summed E-state index contributed by atoms with van der Waals surface area (Å²) >= 11 is 0. The van der Waals surface area contributed by atoms with Gasteiger partial charge in [0, 0.05) is 19.6 Å². The molecule has 0 aliphatic carbocycles. The Hall–Kier alpha value is -1.04.